The number of unbranched alkanes of at least 4 members (excludes halogenated alkanes) is 6. The predicted octanol–water partition coefficient (Wildman–Crippen LogP) is 6.09. The van der Waals surface area contributed by atoms with Crippen molar-refractivity contribution in [2.75, 3.05) is 0 Å². The molecule has 1 heteroatoms. The quantitative estimate of drug-likeness (QED) is 0.534. The maximum atomic E-state index is 11.1. The fraction of sp³-hybridized carbons (Fsp3) is 1.00. The molecule has 0 amide bonds. The van der Waals surface area contributed by atoms with E-state index >= 15 is 0 Å². The Hall–Kier alpha value is -0.0400. The van der Waals surface area contributed by atoms with Crippen LogP contribution >= 0.6 is 0 Å². The van der Waals surface area contributed by atoms with Gasteiger partial charge in [-0.05, 0) is 30.6 Å². The Morgan fingerprint density at radius 3 is 2.15 bits per heavy atom. The van der Waals surface area contributed by atoms with Crippen LogP contribution in [0.15, 0.2) is 0 Å². The second kappa shape index (κ2) is 8.41. The van der Waals surface area contributed by atoms with E-state index in [1.165, 1.54) is 64.2 Å². The van der Waals surface area contributed by atoms with Crippen LogP contribution in [0.2, 0.25) is 0 Å². The molecule has 0 radical (unpaired) electrons. The van der Waals surface area contributed by atoms with Crippen molar-refractivity contribution in [2.45, 2.75) is 110 Å². The van der Waals surface area contributed by atoms with Gasteiger partial charge in [0.25, 0.3) is 0 Å². The van der Waals surface area contributed by atoms with Crippen LogP contribution in [0.25, 0.3) is 0 Å². The van der Waals surface area contributed by atoms with Crippen LogP contribution in [0.5, 0.6) is 0 Å². The van der Waals surface area contributed by atoms with Crippen molar-refractivity contribution in [3.63, 3.8) is 0 Å². The summed E-state index contributed by atoms with van der Waals surface area (Å²) < 4.78 is 0. The van der Waals surface area contributed by atoms with E-state index in [-0.39, 0.29) is 11.0 Å². The highest BCUT2D eigenvalue weighted by Crippen LogP contribution is 2.46. The van der Waals surface area contributed by atoms with Gasteiger partial charge in [-0.15, -0.1) is 0 Å². The lowest BCUT2D eigenvalue weighted by Gasteiger charge is -2.47. The number of aliphatic hydroxyl groups is 1. The van der Waals surface area contributed by atoms with Gasteiger partial charge < -0.3 is 5.11 Å². The van der Waals surface area contributed by atoms with E-state index in [1.54, 1.807) is 0 Å². The largest absolute Gasteiger partial charge is 0.390 e. The Kier molecular flexibility index (Phi) is 7.58. The van der Waals surface area contributed by atoms with Gasteiger partial charge in [-0.25, -0.2) is 0 Å². The molecule has 0 bridgehead atoms. The highest BCUT2D eigenvalue weighted by Gasteiger charge is 2.43. The smallest absolute Gasteiger partial charge is 0.0680 e. The Bertz CT molecular complexity index is 253. The molecular formula is C19H38O. The molecule has 1 aliphatic rings. The Morgan fingerprint density at radius 2 is 1.55 bits per heavy atom. The molecule has 0 aromatic carbocycles. The van der Waals surface area contributed by atoms with Crippen LogP contribution in [-0.4, -0.2) is 10.7 Å². The van der Waals surface area contributed by atoms with Crippen LogP contribution < -0.4 is 0 Å². The fourth-order valence-corrected chi connectivity index (χ4v) is 4.15. The van der Waals surface area contributed by atoms with Crippen molar-refractivity contribution in [2.24, 2.45) is 11.3 Å². The number of hydrogen-bond donors (Lipinski definition) is 1. The highest BCUT2D eigenvalue weighted by atomic mass is 16.3. The van der Waals surface area contributed by atoms with Gasteiger partial charge in [0.1, 0.15) is 0 Å². The van der Waals surface area contributed by atoms with Gasteiger partial charge in [-0.2, -0.15) is 0 Å². The van der Waals surface area contributed by atoms with Crippen LogP contribution in [-0.2, 0) is 0 Å². The van der Waals surface area contributed by atoms with Crippen molar-refractivity contribution in [1.82, 2.24) is 0 Å². The molecule has 120 valence electrons. The molecule has 1 N–H and O–H groups in total. The fourth-order valence-electron chi connectivity index (χ4n) is 4.15. The Labute approximate surface area is 127 Å². The first-order valence-electron chi connectivity index (χ1n) is 9.12. The maximum absolute atomic E-state index is 11.1. The lowest BCUT2D eigenvalue weighted by Crippen LogP contribution is -2.46. The van der Waals surface area contributed by atoms with E-state index in [0.29, 0.717) is 5.92 Å². The number of hydrogen-bond acceptors (Lipinski definition) is 1. The summed E-state index contributed by atoms with van der Waals surface area (Å²) >= 11 is 0. The van der Waals surface area contributed by atoms with E-state index in [1.807, 2.05) is 0 Å². The van der Waals surface area contributed by atoms with E-state index < -0.39 is 0 Å². The molecule has 1 rings (SSSR count). The van der Waals surface area contributed by atoms with Gasteiger partial charge in [-0.3, -0.25) is 0 Å². The predicted molar refractivity (Wildman–Crippen MR) is 89.0 cm³/mol. The topological polar surface area (TPSA) is 20.2 Å². The third-order valence-corrected chi connectivity index (χ3v) is 5.26. The molecule has 2 unspecified atom stereocenters. The second-order valence-electron chi connectivity index (χ2n) is 8.14. The van der Waals surface area contributed by atoms with Crippen LogP contribution in [0.4, 0.5) is 0 Å². The summed E-state index contributed by atoms with van der Waals surface area (Å²) in [4.78, 5) is 0. The highest BCUT2D eigenvalue weighted by molar-refractivity contribution is 4.95. The zero-order valence-electron chi connectivity index (χ0n) is 14.5. The number of rotatable bonds is 8. The van der Waals surface area contributed by atoms with Gasteiger partial charge in [-0.1, -0.05) is 85.5 Å². The third kappa shape index (κ3) is 5.76. The molecule has 0 aromatic rings. The maximum Gasteiger partial charge on any atom is 0.0680 e. The van der Waals surface area contributed by atoms with Crippen molar-refractivity contribution in [3.05, 3.63) is 0 Å². The van der Waals surface area contributed by atoms with Gasteiger partial charge in [0.15, 0.2) is 0 Å². The average Bonchev–Trinajstić information content (AvgIpc) is 2.37. The minimum absolute atomic E-state index is 0.246. The van der Waals surface area contributed by atoms with E-state index in [4.69, 9.17) is 0 Å². The van der Waals surface area contributed by atoms with Crippen LogP contribution in [0.3, 0.4) is 0 Å². The van der Waals surface area contributed by atoms with Crippen LogP contribution in [0.1, 0.15) is 105 Å². The molecule has 1 nitrogen and oxygen atoms in total. The second-order valence-corrected chi connectivity index (χ2v) is 8.14. The summed E-state index contributed by atoms with van der Waals surface area (Å²) in [5.41, 5.74) is -0.129. The van der Waals surface area contributed by atoms with Crippen molar-refractivity contribution in [1.29, 1.82) is 0 Å². The van der Waals surface area contributed by atoms with Crippen molar-refractivity contribution in [3.8, 4) is 0 Å². The van der Waals surface area contributed by atoms with Crippen molar-refractivity contribution >= 4 is 0 Å². The van der Waals surface area contributed by atoms with Gasteiger partial charge >= 0.3 is 0 Å². The molecule has 1 fully saturated rings. The first-order chi connectivity index (χ1) is 9.40. The lowest BCUT2D eigenvalue weighted by molar-refractivity contribution is -0.0961. The van der Waals surface area contributed by atoms with E-state index in [2.05, 4.69) is 27.7 Å². The first-order valence-corrected chi connectivity index (χ1v) is 9.12. The molecule has 0 aliphatic heterocycles. The molecule has 1 aliphatic carbocycles. The zero-order valence-corrected chi connectivity index (χ0v) is 14.5. The monoisotopic (exact) mass is 282 g/mol. The minimum Gasteiger partial charge on any atom is -0.390 e. The minimum atomic E-state index is -0.375. The summed E-state index contributed by atoms with van der Waals surface area (Å²) in [7, 11) is 0. The molecular weight excluding hydrogens is 244 g/mol. The summed E-state index contributed by atoms with van der Waals surface area (Å²) in [6, 6.07) is 0. The van der Waals surface area contributed by atoms with Crippen molar-refractivity contribution < 1.29 is 5.11 Å². The van der Waals surface area contributed by atoms with E-state index in [0.717, 1.165) is 12.8 Å². The van der Waals surface area contributed by atoms with Gasteiger partial charge in [0, 0.05) is 0 Å². The molecule has 2 atom stereocenters. The van der Waals surface area contributed by atoms with Gasteiger partial charge in [0.05, 0.1) is 5.60 Å². The average molecular weight is 283 g/mol. The summed E-state index contributed by atoms with van der Waals surface area (Å²) in [6.07, 6.45) is 15.2. The molecule has 20 heavy (non-hydrogen) atoms. The normalized spacial score (nSPS) is 27.8. The molecule has 0 aromatic heterocycles. The molecule has 1 saturated carbocycles. The lowest BCUT2D eigenvalue weighted by atomic mass is 9.62. The summed E-state index contributed by atoms with van der Waals surface area (Å²) in [5, 5.41) is 11.1. The summed E-state index contributed by atoms with van der Waals surface area (Å²) in [5.74, 6) is 0.490. The Balaban J connectivity index is 2.31. The van der Waals surface area contributed by atoms with Gasteiger partial charge in [0.2, 0.25) is 0 Å². The molecule has 0 saturated heterocycles. The third-order valence-electron chi connectivity index (χ3n) is 5.26. The first kappa shape index (κ1) is 18.0. The summed E-state index contributed by atoms with van der Waals surface area (Å²) in [6.45, 7) is 9.18. The van der Waals surface area contributed by atoms with E-state index in [9.17, 15) is 5.11 Å². The zero-order chi connectivity index (χ0) is 15.1. The Morgan fingerprint density at radius 1 is 0.950 bits per heavy atom. The van der Waals surface area contributed by atoms with Crippen LogP contribution in [0, 0.1) is 11.3 Å². The molecule has 0 heterocycles. The SMILES string of the molecule is CCCCCCCCCC1(O)CCCCC1C(C)(C)C. The molecule has 0 spiro atoms. The standard InChI is InChI=1S/C19H38O/c1-5-6-7-8-9-10-12-15-19(20)16-13-11-14-17(19)18(2,3)4/h17,20H,5-16H2,1-4H3.